The summed E-state index contributed by atoms with van der Waals surface area (Å²) in [6, 6.07) is 13.1. The van der Waals surface area contributed by atoms with Gasteiger partial charge in [-0.05, 0) is 23.8 Å². The highest BCUT2D eigenvalue weighted by molar-refractivity contribution is 7.98. The van der Waals surface area contributed by atoms with Crippen LogP contribution in [0.5, 0.6) is 0 Å². The zero-order valence-electron chi connectivity index (χ0n) is 12.2. The molecule has 0 aliphatic rings. The zero-order valence-corrected chi connectivity index (χ0v) is 15.3. The first-order valence-corrected chi connectivity index (χ1v) is 9.01. The SMILES string of the molecule is Clc1ccc(CSc2nncn2/N=C\c2cccc(Cl)c2Cl)cc1. The molecule has 122 valence electrons. The van der Waals surface area contributed by atoms with Crippen LogP contribution in [0, 0.1) is 0 Å². The molecular formula is C16H11Cl3N4S. The van der Waals surface area contributed by atoms with E-state index in [2.05, 4.69) is 15.3 Å². The van der Waals surface area contributed by atoms with Gasteiger partial charge >= 0.3 is 0 Å². The quantitative estimate of drug-likeness (QED) is 0.427. The molecule has 4 nitrogen and oxygen atoms in total. The standard InChI is InChI=1S/C16H11Cl3N4S/c17-13-6-4-11(5-7-13)9-24-16-22-20-10-23(16)21-8-12-2-1-3-14(18)15(12)19/h1-8,10H,9H2/b21-8-. The van der Waals surface area contributed by atoms with Gasteiger partial charge in [0.1, 0.15) is 6.33 Å². The van der Waals surface area contributed by atoms with Gasteiger partial charge in [-0.2, -0.15) is 9.78 Å². The lowest BCUT2D eigenvalue weighted by Crippen LogP contribution is -1.93. The molecule has 0 radical (unpaired) electrons. The highest BCUT2D eigenvalue weighted by atomic mass is 35.5. The molecule has 1 aromatic heterocycles. The third-order valence-corrected chi connectivity index (χ3v) is 5.17. The van der Waals surface area contributed by atoms with Gasteiger partial charge in [0.15, 0.2) is 0 Å². The van der Waals surface area contributed by atoms with Crippen molar-refractivity contribution in [2.24, 2.45) is 5.10 Å². The third-order valence-electron chi connectivity index (χ3n) is 3.08. The van der Waals surface area contributed by atoms with Crippen LogP contribution in [0.1, 0.15) is 11.1 Å². The van der Waals surface area contributed by atoms with Crippen LogP contribution in [0.3, 0.4) is 0 Å². The molecule has 1 heterocycles. The molecule has 0 unspecified atom stereocenters. The Morgan fingerprint density at radius 1 is 1.08 bits per heavy atom. The maximum atomic E-state index is 6.15. The molecule has 0 spiro atoms. The first kappa shape index (κ1) is 17.3. The van der Waals surface area contributed by atoms with Crippen molar-refractivity contribution < 1.29 is 0 Å². The summed E-state index contributed by atoms with van der Waals surface area (Å²) < 4.78 is 1.60. The number of halogens is 3. The summed E-state index contributed by atoms with van der Waals surface area (Å²) in [5, 5.41) is 14.7. The topological polar surface area (TPSA) is 43.1 Å². The predicted octanol–water partition coefficient (Wildman–Crippen LogP) is 5.41. The largest absolute Gasteiger partial charge is 0.212 e. The van der Waals surface area contributed by atoms with Gasteiger partial charge in [-0.1, -0.05) is 70.8 Å². The van der Waals surface area contributed by atoms with Crippen molar-refractivity contribution in [3.05, 3.63) is 75.0 Å². The molecule has 0 aliphatic carbocycles. The minimum absolute atomic E-state index is 0.464. The summed E-state index contributed by atoms with van der Waals surface area (Å²) >= 11 is 19.6. The van der Waals surface area contributed by atoms with Crippen LogP contribution in [0.2, 0.25) is 15.1 Å². The third kappa shape index (κ3) is 4.30. The first-order valence-electron chi connectivity index (χ1n) is 6.89. The molecule has 3 rings (SSSR count). The monoisotopic (exact) mass is 396 g/mol. The van der Waals surface area contributed by atoms with Crippen molar-refractivity contribution in [2.75, 3.05) is 0 Å². The summed E-state index contributed by atoms with van der Waals surface area (Å²) in [7, 11) is 0. The van der Waals surface area contributed by atoms with Crippen molar-refractivity contribution >= 4 is 52.8 Å². The second-order valence-electron chi connectivity index (χ2n) is 4.76. The van der Waals surface area contributed by atoms with E-state index in [-0.39, 0.29) is 0 Å². The van der Waals surface area contributed by atoms with Crippen LogP contribution in [0.25, 0.3) is 0 Å². The number of nitrogens with zero attached hydrogens (tertiary/aromatic N) is 4. The molecule has 0 amide bonds. The molecule has 0 atom stereocenters. The van der Waals surface area contributed by atoms with Crippen LogP contribution in [-0.2, 0) is 5.75 Å². The Bertz CT molecular complexity index is 862. The molecule has 0 saturated heterocycles. The highest BCUT2D eigenvalue weighted by Crippen LogP contribution is 2.25. The van der Waals surface area contributed by atoms with Crippen molar-refractivity contribution in [1.82, 2.24) is 14.9 Å². The summed E-state index contributed by atoms with van der Waals surface area (Å²) in [6.45, 7) is 0. The van der Waals surface area contributed by atoms with Crippen molar-refractivity contribution in [3.63, 3.8) is 0 Å². The van der Waals surface area contributed by atoms with Gasteiger partial charge in [-0.3, -0.25) is 0 Å². The fraction of sp³-hybridized carbons (Fsp3) is 0.0625. The molecule has 2 aromatic carbocycles. The Balaban J connectivity index is 1.72. The van der Waals surface area contributed by atoms with Crippen LogP contribution >= 0.6 is 46.6 Å². The average Bonchev–Trinajstić information content (AvgIpc) is 3.03. The van der Waals surface area contributed by atoms with Gasteiger partial charge in [-0.15, -0.1) is 10.2 Å². The number of hydrogen-bond acceptors (Lipinski definition) is 4. The van der Waals surface area contributed by atoms with Crippen LogP contribution < -0.4 is 0 Å². The summed E-state index contributed by atoms with van der Waals surface area (Å²) in [4.78, 5) is 0. The molecule has 0 aliphatic heterocycles. The maximum absolute atomic E-state index is 6.15. The van der Waals surface area contributed by atoms with Gasteiger partial charge in [-0.25, -0.2) is 0 Å². The normalized spacial score (nSPS) is 11.3. The second-order valence-corrected chi connectivity index (χ2v) is 6.92. The number of rotatable bonds is 5. The number of benzene rings is 2. The van der Waals surface area contributed by atoms with Gasteiger partial charge in [0.2, 0.25) is 5.16 Å². The summed E-state index contributed by atoms with van der Waals surface area (Å²) in [5.41, 5.74) is 1.87. The van der Waals surface area contributed by atoms with E-state index in [0.29, 0.717) is 15.2 Å². The van der Waals surface area contributed by atoms with E-state index in [1.165, 1.54) is 11.8 Å². The number of hydrogen-bond donors (Lipinski definition) is 0. The van der Waals surface area contributed by atoms with Gasteiger partial charge in [0.25, 0.3) is 0 Å². The highest BCUT2D eigenvalue weighted by Gasteiger charge is 2.06. The van der Waals surface area contributed by atoms with Crippen molar-refractivity contribution in [3.8, 4) is 0 Å². The number of thioether (sulfide) groups is 1. The predicted molar refractivity (Wildman–Crippen MR) is 100 cm³/mol. The van der Waals surface area contributed by atoms with E-state index in [1.54, 1.807) is 23.3 Å². The molecule has 0 saturated carbocycles. The van der Waals surface area contributed by atoms with E-state index in [1.807, 2.05) is 36.4 Å². The Hall–Kier alpha value is -1.53. The van der Waals surface area contributed by atoms with Crippen molar-refractivity contribution in [2.45, 2.75) is 10.9 Å². The molecule has 3 aromatic rings. The fourth-order valence-corrected chi connectivity index (χ4v) is 3.17. The number of aromatic nitrogens is 3. The van der Waals surface area contributed by atoms with E-state index in [9.17, 15) is 0 Å². The minimum atomic E-state index is 0.464. The van der Waals surface area contributed by atoms with Crippen LogP contribution in [-0.4, -0.2) is 21.1 Å². The van der Waals surface area contributed by atoms with E-state index in [4.69, 9.17) is 34.8 Å². The van der Waals surface area contributed by atoms with Crippen LogP contribution in [0.15, 0.2) is 59.0 Å². The first-order chi connectivity index (χ1) is 11.6. The van der Waals surface area contributed by atoms with Crippen molar-refractivity contribution in [1.29, 1.82) is 0 Å². The van der Waals surface area contributed by atoms with Gasteiger partial charge in [0.05, 0.1) is 16.3 Å². The van der Waals surface area contributed by atoms with Gasteiger partial charge in [0, 0.05) is 16.3 Å². The Labute approximate surface area is 158 Å². The molecule has 8 heteroatoms. The van der Waals surface area contributed by atoms with Crippen LogP contribution in [0.4, 0.5) is 0 Å². The molecular weight excluding hydrogens is 387 g/mol. The smallest absolute Gasteiger partial charge is 0.195 e. The Morgan fingerprint density at radius 2 is 1.88 bits per heavy atom. The van der Waals surface area contributed by atoms with E-state index >= 15 is 0 Å². The lowest BCUT2D eigenvalue weighted by Gasteiger charge is -2.02. The Morgan fingerprint density at radius 3 is 2.67 bits per heavy atom. The summed E-state index contributed by atoms with van der Waals surface area (Å²) in [5.74, 6) is 0.739. The Kier molecular flexibility index (Phi) is 5.79. The lowest BCUT2D eigenvalue weighted by atomic mass is 10.2. The summed E-state index contributed by atoms with van der Waals surface area (Å²) in [6.07, 6.45) is 3.17. The minimum Gasteiger partial charge on any atom is -0.195 e. The fourth-order valence-electron chi connectivity index (χ4n) is 1.87. The second kappa shape index (κ2) is 8.03. The van der Waals surface area contributed by atoms with E-state index < -0.39 is 0 Å². The van der Waals surface area contributed by atoms with E-state index in [0.717, 1.165) is 21.9 Å². The molecule has 0 fully saturated rings. The molecule has 24 heavy (non-hydrogen) atoms. The molecule has 0 N–H and O–H groups in total. The molecule has 0 bridgehead atoms. The zero-order chi connectivity index (χ0) is 16.9. The maximum Gasteiger partial charge on any atom is 0.212 e. The van der Waals surface area contributed by atoms with Gasteiger partial charge < -0.3 is 0 Å². The average molecular weight is 398 g/mol. The lowest BCUT2D eigenvalue weighted by molar-refractivity contribution is 0.767.